The smallest absolute Gasteiger partial charge is 0.214 e. The molecule has 4 rings (SSSR count). The third-order valence-electron chi connectivity index (χ3n) is 6.17. The van der Waals surface area contributed by atoms with Gasteiger partial charge in [0.25, 0.3) is 0 Å². The fourth-order valence-electron chi connectivity index (χ4n) is 4.47. The minimum absolute atomic E-state index is 0.208. The molecule has 0 amide bonds. The molecule has 0 saturated carbocycles. The SMILES string of the molecule is CCCS(=O)(=O)N1CCC(CNCC(O)COc2cccc3[nH]c4ccccc4c23)CC1. The summed E-state index contributed by atoms with van der Waals surface area (Å²) in [5, 5.41) is 15.9. The van der Waals surface area contributed by atoms with Crippen LogP contribution in [0.3, 0.4) is 0 Å². The van der Waals surface area contributed by atoms with Gasteiger partial charge in [-0.05, 0) is 49.9 Å². The number of rotatable bonds is 10. The highest BCUT2D eigenvalue weighted by molar-refractivity contribution is 7.89. The highest BCUT2D eigenvalue weighted by atomic mass is 32.2. The molecule has 1 atom stereocenters. The molecule has 0 aliphatic carbocycles. The average Bonchev–Trinajstić information content (AvgIpc) is 3.17. The molecule has 1 aliphatic rings. The molecule has 0 bridgehead atoms. The maximum atomic E-state index is 12.2. The number of benzene rings is 2. The highest BCUT2D eigenvalue weighted by Crippen LogP contribution is 2.33. The number of nitrogens with zero attached hydrogens (tertiary/aromatic N) is 1. The number of aromatic amines is 1. The zero-order chi connectivity index (χ0) is 22.6. The molecule has 0 radical (unpaired) electrons. The van der Waals surface area contributed by atoms with Gasteiger partial charge in [-0.3, -0.25) is 0 Å². The van der Waals surface area contributed by atoms with E-state index in [9.17, 15) is 13.5 Å². The van der Waals surface area contributed by atoms with E-state index in [1.165, 1.54) is 0 Å². The molecule has 3 aromatic rings. The van der Waals surface area contributed by atoms with Gasteiger partial charge in [-0.2, -0.15) is 0 Å². The highest BCUT2D eigenvalue weighted by Gasteiger charge is 2.27. The van der Waals surface area contributed by atoms with Gasteiger partial charge in [0.1, 0.15) is 18.5 Å². The summed E-state index contributed by atoms with van der Waals surface area (Å²) in [5.74, 6) is 1.42. The fraction of sp³-hybridized carbons (Fsp3) is 0.500. The number of piperidine rings is 1. The van der Waals surface area contributed by atoms with Crippen LogP contribution in [0.5, 0.6) is 5.75 Å². The van der Waals surface area contributed by atoms with Crippen LogP contribution in [-0.4, -0.2) is 67.5 Å². The van der Waals surface area contributed by atoms with E-state index in [-0.39, 0.29) is 12.4 Å². The van der Waals surface area contributed by atoms with Gasteiger partial charge in [0.05, 0.1) is 11.3 Å². The Labute approximate surface area is 189 Å². The number of aliphatic hydroxyl groups is 1. The summed E-state index contributed by atoms with van der Waals surface area (Å²) in [4.78, 5) is 3.40. The minimum atomic E-state index is -3.10. The van der Waals surface area contributed by atoms with E-state index in [0.29, 0.717) is 32.0 Å². The lowest BCUT2D eigenvalue weighted by molar-refractivity contribution is 0.105. The molecule has 32 heavy (non-hydrogen) atoms. The van der Waals surface area contributed by atoms with Gasteiger partial charge in [-0.15, -0.1) is 0 Å². The maximum absolute atomic E-state index is 12.2. The molecule has 1 saturated heterocycles. The minimum Gasteiger partial charge on any atom is -0.490 e. The Hall–Kier alpha value is -2.13. The molecule has 3 N–H and O–H groups in total. The third-order valence-corrected chi connectivity index (χ3v) is 8.24. The summed E-state index contributed by atoms with van der Waals surface area (Å²) in [6.45, 7) is 4.50. The first-order valence-corrected chi connectivity index (χ1v) is 13.1. The number of nitrogens with one attached hydrogen (secondary N) is 2. The summed E-state index contributed by atoms with van der Waals surface area (Å²) in [5.41, 5.74) is 2.08. The second kappa shape index (κ2) is 10.2. The zero-order valence-corrected chi connectivity index (χ0v) is 19.4. The second-order valence-electron chi connectivity index (χ2n) is 8.63. The van der Waals surface area contributed by atoms with Gasteiger partial charge in [0, 0.05) is 35.9 Å². The van der Waals surface area contributed by atoms with E-state index in [1.807, 2.05) is 43.3 Å². The van der Waals surface area contributed by atoms with Crippen molar-refractivity contribution in [2.24, 2.45) is 5.92 Å². The van der Waals surface area contributed by atoms with E-state index in [4.69, 9.17) is 4.74 Å². The van der Waals surface area contributed by atoms with Crippen LogP contribution in [-0.2, 0) is 10.0 Å². The predicted molar refractivity (Wildman–Crippen MR) is 129 cm³/mol. The van der Waals surface area contributed by atoms with E-state index in [1.54, 1.807) is 4.31 Å². The van der Waals surface area contributed by atoms with E-state index < -0.39 is 16.1 Å². The van der Waals surface area contributed by atoms with Crippen molar-refractivity contribution in [1.82, 2.24) is 14.6 Å². The molecule has 8 heteroatoms. The summed E-state index contributed by atoms with van der Waals surface area (Å²) in [6.07, 6.45) is 1.73. The van der Waals surface area contributed by atoms with Gasteiger partial charge in [0.2, 0.25) is 10.0 Å². The summed E-state index contributed by atoms with van der Waals surface area (Å²) in [7, 11) is -3.10. The maximum Gasteiger partial charge on any atom is 0.214 e. The monoisotopic (exact) mass is 459 g/mol. The zero-order valence-electron chi connectivity index (χ0n) is 18.6. The molecular weight excluding hydrogens is 426 g/mol. The van der Waals surface area contributed by atoms with Crippen LogP contribution in [0.1, 0.15) is 26.2 Å². The average molecular weight is 460 g/mol. The van der Waals surface area contributed by atoms with Crippen molar-refractivity contribution < 1.29 is 18.3 Å². The van der Waals surface area contributed by atoms with Crippen molar-refractivity contribution in [1.29, 1.82) is 0 Å². The Morgan fingerprint density at radius 3 is 2.69 bits per heavy atom. The number of aromatic nitrogens is 1. The van der Waals surface area contributed by atoms with Gasteiger partial charge in [-0.1, -0.05) is 31.2 Å². The van der Waals surface area contributed by atoms with Crippen LogP contribution >= 0.6 is 0 Å². The van der Waals surface area contributed by atoms with Gasteiger partial charge in [0.15, 0.2) is 0 Å². The van der Waals surface area contributed by atoms with Crippen molar-refractivity contribution in [3.05, 3.63) is 42.5 Å². The normalized spacial score (nSPS) is 17.2. The lowest BCUT2D eigenvalue weighted by atomic mass is 9.98. The molecule has 7 nitrogen and oxygen atoms in total. The molecule has 1 fully saturated rings. The van der Waals surface area contributed by atoms with Crippen molar-refractivity contribution in [3.63, 3.8) is 0 Å². The topological polar surface area (TPSA) is 94.7 Å². The first kappa shape index (κ1) is 23.0. The van der Waals surface area contributed by atoms with Gasteiger partial charge < -0.3 is 20.1 Å². The standard InChI is InChI=1S/C24H33N3O4S/c1-2-14-32(29,30)27-12-10-18(11-13-27)15-25-16-19(28)17-31-23-9-5-8-22-24(23)20-6-3-4-7-21(20)26-22/h3-9,18-19,25-26,28H,2,10-17H2,1H3. The first-order chi connectivity index (χ1) is 15.5. The number of para-hydroxylation sites is 1. The Morgan fingerprint density at radius 1 is 1.16 bits per heavy atom. The molecule has 2 heterocycles. The molecule has 1 unspecified atom stereocenters. The molecule has 1 aliphatic heterocycles. The van der Waals surface area contributed by atoms with Crippen molar-refractivity contribution in [2.75, 3.05) is 38.5 Å². The van der Waals surface area contributed by atoms with E-state index in [2.05, 4.69) is 16.4 Å². The number of fused-ring (bicyclic) bond motifs is 3. The fourth-order valence-corrected chi connectivity index (χ4v) is 6.01. The van der Waals surface area contributed by atoms with Crippen molar-refractivity contribution in [3.8, 4) is 5.75 Å². The molecule has 1 aromatic heterocycles. The Morgan fingerprint density at radius 2 is 1.91 bits per heavy atom. The number of sulfonamides is 1. The Balaban J connectivity index is 1.23. The van der Waals surface area contributed by atoms with Crippen LogP contribution in [0.4, 0.5) is 0 Å². The van der Waals surface area contributed by atoms with Crippen LogP contribution < -0.4 is 10.1 Å². The number of aliphatic hydroxyl groups excluding tert-OH is 1. The number of ether oxygens (including phenoxy) is 1. The van der Waals surface area contributed by atoms with Crippen LogP contribution in [0.15, 0.2) is 42.5 Å². The summed E-state index contributed by atoms with van der Waals surface area (Å²) >= 11 is 0. The third kappa shape index (κ3) is 5.26. The summed E-state index contributed by atoms with van der Waals surface area (Å²) < 4.78 is 32.0. The number of hydrogen-bond acceptors (Lipinski definition) is 5. The summed E-state index contributed by atoms with van der Waals surface area (Å²) in [6, 6.07) is 14.0. The quantitative estimate of drug-likeness (QED) is 0.433. The lowest BCUT2D eigenvalue weighted by Gasteiger charge is -2.31. The lowest BCUT2D eigenvalue weighted by Crippen LogP contribution is -2.42. The molecular formula is C24H33N3O4S. The van der Waals surface area contributed by atoms with Crippen LogP contribution in [0.2, 0.25) is 0 Å². The predicted octanol–water partition coefficient (Wildman–Crippen LogP) is 3.10. The van der Waals surface area contributed by atoms with Crippen LogP contribution in [0.25, 0.3) is 21.8 Å². The second-order valence-corrected chi connectivity index (χ2v) is 10.7. The Kier molecular flexibility index (Phi) is 7.35. The van der Waals surface area contributed by atoms with Crippen molar-refractivity contribution in [2.45, 2.75) is 32.3 Å². The van der Waals surface area contributed by atoms with E-state index >= 15 is 0 Å². The van der Waals surface area contributed by atoms with Crippen LogP contribution in [0, 0.1) is 5.92 Å². The molecule has 0 spiro atoms. The number of hydrogen-bond donors (Lipinski definition) is 3. The van der Waals surface area contributed by atoms with Gasteiger partial charge in [-0.25, -0.2) is 12.7 Å². The van der Waals surface area contributed by atoms with Gasteiger partial charge >= 0.3 is 0 Å². The Bertz CT molecular complexity index is 1140. The first-order valence-electron chi connectivity index (χ1n) is 11.5. The molecule has 174 valence electrons. The van der Waals surface area contributed by atoms with E-state index in [0.717, 1.165) is 46.9 Å². The number of H-pyrrole nitrogens is 1. The van der Waals surface area contributed by atoms with Crippen molar-refractivity contribution >= 4 is 31.8 Å². The molecule has 2 aromatic carbocycles. The largest absolute Gasteiger partial charge is 0.490 e.